The largest absolute Gasteiger partial charge is 0.444 e. The summed E-state index contributed by atoms with van der Waals surface area (Å²) in [4.78, 5) is 63.1. The second kappa shape index (κ2) is 30.7. The zero-order valence-electron chi connectivity index (χ0n) is 48.9. The monoisotopic (exact) mass is 1110 g/mol. The van der Waals surface area contributed by atoms with Gasteiger partial charge in [0.15, 0.2) is 31.4 Å². The van der Waals surface area contributed by atoms with Crippen LogP contribution in [0.3, 0.4) is 0 Å². The van der Waals surface area contributed by atoms with Gasteiger partial charge in [0.2, 0.25) is 11.8 Å². The number of nitrogens with zero attached hydrogens (tertiary/aromatic N) is 3. The average Bonchev–Trinajstić information content (AvgIpc) is 4.11. The minimum absolute atomic E-state index is 0.0845. The summed E-state index contributed by atoms with van der Waals surface area (Å²) in [6, 6.07) is 1.23. The van der Waals surface area contributed by atoms with Gasteiger partial charge in [-0.1, -0.05) is 19.6 Å². The molecule has 9 fully saturated rings. The van der Waals surface area contributed by atoms with Crippen LogP contribution in [-0.4, -0.2) is 192 Å². The molecule has 442 valence electrons. The number of amides is 3. The van der Waals surface area contributed by atoms with Crippen molar-refractivity contribution in [3.05, 3.63) is 0 Å². The second-order valence-corrected chi connectivity index (χ2v) is 28.9. The Balaban J connectivity index is 0.000000172. The molecule has 3 N–H and O–H groups in total. The van der Waals surface area contributed by atoms with Crippen molar-refractivity contribution in [2.75, 3.05) is 92.1 Å². The highest BCUT2D eigenvalue weighted by Crippen LogP contribution is 2.35. The lowest BCUT2D eigenvalue weighted by atomic mass is 10.1. The number of aliphatic imine (C=N–C) groups is 1. The average molecular weight is 1110 g/mol. The Labute approximate surface area is 461 Å². The van der Waals surface area contributed by atoms with Crippen molar-refractivity contribution in [1.29, 1.82) is 0 Å². The van der Waals surface area contributed by atoms with Crippen LogP contribution in [0.4, 0.5) is 4.79 Å². The number of ether oxygens (including phenoxy) is 9. The van der Waals surface area contributed by atoms with Crippen LogP contribution in [0.2, 0.25) is 19.6 Å². The fraction of sp³-hybridized carbons (Fsp3) is 0.893. The molecule has 10 rings (SSSR count). The van der Waals surface area contributed by atoms with Gasteiger partial charge in [-0.3, -0.25) is 24.2 Å². The van der Waals surface area contributed by atoms with Crippen molar-refractivity contribution in [3.8, 4) is 0 Å². The summed E-state index contributed by atoms with van der Waals surface area (Å²) in [6.45, 7) is 30.9. The number of Topliss-reactive ketones (excluding diaryl/α,β-unsaturated/α-hetero) is 2. The fourth-order valence-electron chi connectivity index (χ4n) is 10.7. The van der Waals surface area contributed by atoms with Crippen molar-refractivity contribution >= 4 is 43.4 Å². The summed E-state index contributed by atoms with van der Waals surface area (Å²) in [5.74, 6) is -0.381. The number of hydrogen-bond acceptors (Lipinski definition) is 17. The lowest BCUT2D eigenvalue weighted by molar-refractivity contribution is -0.164. The van der Waals surface area contributed by atoms with E-state index in [1.807, 2.05) is 27.7 Å². The molecule has 77 heavy (non-hydrogen) atoms. The molecule has 10 aliphatic rings. The van der Waals surface area contributed by atoms with Gasteiger partial charge < -0.3 is 68.0 Å². The fourth-order valence-corrected chi connectivity index (χ4v) is 12.3. The highest BCUT2D eigenvalue weighted by Gasteiger charge is 2.43. The normalized spacial score (nSPS) is 28.1. The Kier molecular flexibility index (Phi) is 25.9. The zero-order valence-corrected chi connectivity index (χ0v) is 49.9. The minimum atomic E-state index is -1.55. The van der Waals surface area contributed by atoms with Gasteiger partial charge in [-0.15, -0.1) is 0 Å². The van der Waals surface area contributed by atoms with Crippen LogP contribution in [0.25, 0.3) is 0 Å². The van der Waals surface area contributed by atoms with Gasteiger partial charge in [0, 0.05) is 153 Å². The van der Waals surface area contributed by atoms with Gasteiger partial charge in [-0.25, -0.2) is 4.79 Å². The first kappa shape index (κ1) is 64.9. The smallest absolute Gasteiger partial charge is 0.410 e. The van der Waals surface area contributed by atoms with Gasteiger partial charge in [-0.05, 0) is 74.1 Å². The van der Waals surface area contributed by atoms with Gasteiger partial charge >= 0.3 is 6.09 Å². The van der Waals surface area contributed by atoms with Crippen molar-refractivity contribution in [1.82, 2.24) is 25.4 Å². The van der Waals surface area contributed by atoms with Crippen molar-refractivity contribution in [2.24, 2.45) is 4.99 Å². The standard InChI is InChI=1S/C12H21NO3.C11H21NO3Si.C9H17NO2.C9H15NO2.C8H13NO3.C7H13NO/c1-9-5-6-10(14)7-8-13(9)11(15)16-12(2,3)4;1-16(2,3)12-7-6-11(5-4-10(12)13)14-8-9-15-11;2*1-8-2-3-9(4-5-10-8)11-6-7-12-9;10-7-1-2-8(3-4-9-7)11-5-6-12-8;1-6-2-3-7(9)4-5-8-6/h9H,5-8H2,1-4H3;4-9H2,1-3H3;8,10H,2-7H2,1H3;2-7H2,1H3;1-6H2,(H,9,10);6,8H,2-5H2,1H3. The number of rotatable bonds is 1. The van der Waals surface area contributed by atoms with E-state index in [1.165, 1.54) is 5.71 Å². The van der Waals surface area contributed by atoms with E-state index in [2.05, 4.69) is 65.9 Å². The third-order valence-corrected chi connectivity index (χ3v) is 17.5. The van der Waals surface area contributed by atoms with E-state index >= 15 is 0 Å². The Morgan fingerprint density at radius 2 is 1.06 bits per heavy atom. The molecule has 3 unspecified atom stereocenters. The zero-order chi connectivity index (χ0) is 56.2. The summed E-state index contributed by atoms with van der Waals surface area (Å²) < 4.78 is 52.3. The van der Waals surface area contributed by atoms with E-state index < -0.39 is 25.4 Å². The molecule has 0 aromatic carbocycles. The quantitative estimate of drug-likeness (QED) is 0.226. The molecule has 0 saturated carbocycles. The third kappa shape index (κ3) is 22.5. The van der Waals surface area contributed by atoms with Gasteiger partial charge in [0.05, 0.1) is 52.9 Å². The Morgan fingerprint density at radius 3 is 1.66 bits per heavy atom. The van der Waals surface area contributed by atoms with Crippen LogP contribution in [0, 0.1) is 0 Å². The number of nitrogens with one attached hydrogen (secondary N) is 3. The molecule has 0 bridgehead atoms. The molecule has 0 aromatic rings. The van der Waals surface area contributed by atoms with Crippen molar-refractivity contribution in [2.45, 2.75) is 231 Å². The molecular weight excluding hydrogens is 1010 g/mol. The minimum Gasteiger partial charge on any atom is -0.444 e. The van der Waals surface area contributed by atoms with Crippen LogP contribution in [0.15, 0.2) is 4.99 Å². The molecule has 0 radical (unpaired) electrons. The van der Waals surface area contributed by atoms with E-state index in [4.69, 9.17) is 42.6 Å². The maximum atomic E-state index is 12.1. The lowest BCUT2D eigenvalue weighted by Crippen LogP contribution is -2.49. The van der Waals surface area contributed by atoms with E-state index in [9.17, 15) is 24.0 Å². The van der Waals surface area contributed by atoms with Crippen LogP contribution in [-0.2, 0) is 61.8 Å². The first-order chi connectivity index (χ1) is 36.4. The topological polar surface area (TPSA) is 223 Å². The van der Waals surface area contributed by atoms with Crippen LogP contribution < -0.4 is 16.0 Å². The molecule has 3 atom stereocenters. The molecule has 9 saturated heterocycles. The number of carbonyl (C=O) groups is 5. The Hall–Kier alpha value is -2.96. The summed E-state index contributed by atoms with van der Waals surface area (Å²) in [7, 11) is -1.55. The molecule has 10 heterocycles. The van der Waals surface area contributed by atoms with Crippen LogP contribution in [0.1, 0.15) is 164 Å². The van der Waals surface area contributed by atoms with E-state index in [1.54, 1.807) is 4.90 Å². The van der Waals surface area contributed by atoms with Gasteiger partial charge in [0.25, 0.3) is 0 Å². The number of hydrogen-bond donors (Lipinski definition) is 3. The predicted octanol–water partition coefficient (Wildman–Crippen LogP) is 6.95. The van der Waals surface area contributed by atoms with Crippen LogP contribution in [0.5, 0.6) is 0 Å². The third-order valence-electron chi connectivity index (χ3n) is 15.4. The summed E-state index contributed by atoms with van der Waals surface area (Å²) in [5.41, 5.74) is 0.749. The summed E-state index contributed by atoms with van der Waals surface area (Å²) in [6.07, 6.45) is 14.1. The second-order valence-electron chi connectivity index (χ2n) is 24.0. The van der Waals surface area contributed by atoms with E-state index in [0.717, 1.165) is 130 Å². The van der Waals surface area contributed by atoms with E-state index in [-0.39, 0.29) is 41.3 Å². The molecule has 21 heteroatoms. The van der Waals surface area contributed by atoms with Crippen molar-refractivity contribution in [3.63, 3.8) is 0 Å². The summed E-state index contributed by atoms with van der Waals surface area (Å²) in [5, 5.41) is 9.49. The molecule has 3 amide bonds. The first-order valence-electron chi connectivity index (χ1n) is 29.1. The Morgan fingerprint density at radius 1 is 0.571 bits per heavy atom. The maximum Gasteiger partial charge on any atom is 0.410 e. The molecule has 10 aliphatic heterocycles. The molecule has 20 nitrogen and oxygen atoms in total. The first-order valence-corrected chi connectivity index (χ1v) is 32.6. The number of ketones is 2. The maximum absolute atomic E-state index is 12.1. The van der Waals surface area contributed by atoms with Gasteiger partial charge in [-0.2, -0.15) is 0 Å². The SMILES string of the molecule is CC1=NCCC2(CC1)OCCO2.CC1CCC(=O)CCN1.CC1CCC(=O)CCN1C(=O)OC(C)(C)C.CC1CCC2(CCN1)OCCO2.C[Si](C)(C)N1CCC2(CCC1=O)OCCO2.O=C1CCC2(CCN1)OCCO2. The Bertz CT molecular complexity index is 1880. The molecule has 4 spiro atoms. The summed E-state index contributed by atoms with van der Waals surface area (Å²) >= 11 is 0. The highest BCUT2D eigenvalue weighted by molar-refractivity contribution is 6.75. The molecule has 0 aromatic heterocycles. The number of likely N-dealkylation sites (tertiary alicyclic amines) is 1. The highest BCUT2D eigenvalue weighted by atomic mass is 28.3. The molecular formula is C56H100N6O14Si. The predicted molar refractivity (Wildman–Crippen MR) is 295 cm³/mol. The van der Waals surface area contributed by atoms with Gasteiger partial charge in [0.1, 0.15) is 17.2 Å². The van der Waals surface area contributed by atoms with Crippen LogP contribution >= 0.6 is 0 Å². The molecule has 0 aliphatic carbocycles. The number of carbonyl (C=O) groups excluding carboxylic acids is 5. The lowest BCUT2D eigenvalue weighted by Gasteiger charge is -2.33. The van der Waals surface area contributed by atoms with E-state index in [0.29, 0.717) is 95.9 Å². The van der Waals surface area contributed by atoms with Crippen molar-refractivity contribution < 1.29 is 66.6 Å².